The maximum atomic E-state index is 6.34. The van der Waals surface area contributed by atoms with Crippen molar-refractivity contribution >= 4 is 49.8 Å². The first-order valence-corrected chi connectivity index (χ1v) is 25.1. The highest BCUT2D eigenvalue weighted by Crippen LogP contribution is 2.60. The van der Waals surface area contributed by atoms with Crippen LogP contribution in [-0.4, -0.2) is 0 Å². The average molecular weight is 930 g/mol. The maximum absolute atomic E-state index is 6.34. The fourth-order valence-corrected chi connectivity index (χ4v) is 11.8. The Bertz CT molecular complexity index is 4020. The van der Waals surface area contributed by atoms with E-state index in [0.29, 0.717) is 0 Å². The van der Waals surface area contributed by atoms with Gasteiger partial charge in [0.25, 0.3) is 0 Å². The minimum atomic E-state index is -0.622. The summed E-state index contributed by atoms with van der Waals surface area (Å²) in [6.45, 7) is 0. The van der Waals surface area contributed by atoms with Crippen LogP contribution < -0.4 is 4.90 Å². The molecule has 0 saturated carbocycles. The second kappa shape index (κ2) is 17.4. The van der Waals surface area contributed by atoms with E-state index < -0.39 is 5.41 Å². The number of anilines is 3. The number of hydrogen-bond donors (Lipinski definition) is 0. The summed E-state index contributed by atoms with van der Waals surface area (Å²) in [6, 6.07) is 104. The third-order valence-corrected chi connectivity index (χ3v) is 15.2. The van der Waals surface area contributed by atoms with Gasteiger partial charge in [0.05, 0.1) is 5.41 Å². The van der Waals surface area contributed by atoms with Gasteiger partial charge >= 0.3 is 0 Å². The minimum Gasteiger partial charge on any atom is -0.456 e. The van der Waals surface area contributed by atoms with E-state index in [1.165, 1.54) is 77.5 Å². The number of benzene rings is 12. The quantitative estimate of drug-likeness (QED) is 0.143. The van der Waals surface area contributed by atoms with Crippen molar-refractivity contribution in [1.82, 2.24) is 0 Å². The fraction of sp³-hybridized carbons (Fsp3) is 0.0141. The Balaban J connectivity index is 0.925. The SMILES string of the molecule is c1ccc(-c2ccc(N(c3ccc(-c4ccccc4)cc3)c3ccc(-c4ccc5c(c4)C(c4ccccc4)(c4ccccc4)c4cc(-c6ccc7oc8ccccc8c7c6)c6ccccc6c4-5)cc3)cc2)cc1. The summed E-state index contributed by atoms with van der Waals surface area (Å²) in [7, 11) is 0. The Morgan fingerprint density at radius 1 is 0.260 bits per heavy atom. The minimum absolute atomic E-state index is 0.622. The summed E-state index contributed by atoms with van der Waals surface area (Å²) in [5, 5.41) is 4.72. The molecule has 0 atom stereocenters. The van der Waals surface area contributed by atoms with Gasteiger partial charge < -0.3 is 9.32 Å². The standard InChI is InChI=1S/C71H47NO/c1-5-17-48(18-6-1)50-29-37-57(38-30-50)72(58-39-31-51(32-40-58)49-19-7-2-8-20-49)59-41-33-52(34-42-59)53-35-43-63-66(46-53)71(55-21-9-3-10-22-55,56-23-11-4-12-24-56)67-47-64(60-25-13-14-27-62(60)70(63)67)54-36-44-69-65(45-54)61-26-15-16-28-68(61)73-69/h1-47H. The van der Waals surface area contributed by atoms with Gasteiger partial charge in [-0.15, -0.1) is 0 Å². The zero-order valence-corrected chi connectivity index (χ0v) is 40.0. The van der Waals surface area contributed by atoms with Gasteiger partial charge in [0.15, 0.2) is 0 Å². The summed E-state index contributed by atoms with van der Waals surface area (Å²) >= 11 is 0. The monoisotopic (exact) mass is 929 g/mol. The first kappa shape index (κ1) is 42.4. The molecule has 73 heavy (non-hydrogen) atoms. The van der Waals surface area contributed by atoms with Gasteiger partial charge in [-0.2, -0.15) is 0 Å². The Hall–Kier alpha value is -9.50. The Kier molecular flexibility index (Phi) is 10.1. The molecule has 14 rings (SSSR count). The van der Waals surface area contributed by atoms with E-state index >= 15 is 0 Å². The van der Waals surface area contributed by atoms with Crippen LogP contribution in [0.25, 0.3) is 88.3 Å². The Morgan fingerprint density at radius 2 is 0.685 bits per heavy atom. The fourth-order valence-electron chi connectivity index (χ4n) is 11.8. The molecule has 0 spiro atoms. The summed E-state index contributed by atoms with van der Waals surface area (Å²) in [4.78, 5) is 2.36. The van der Waals surface area contributed by atoms with E-state index in [0.717, 1.165) is 50.1 Å². The Labute approximate surface area is 425 Å². The molecule has 1 aliphatic rings. The van der Waals surface area contributed by atoms with Crippen LogP contribution in [0.5, 0.6) is 0 Å². The van der Waals surface area contributed by atoms with Crippen molar-refractivity contribution in [3.63, 3.8) is 0 Å². The van der Waals surface area contributed by atoms with Crippen molar-refractivity contribution in [3.05, 3.63) is 307 Å². The molecule has 0 N–H and O–H groups in total. The lowest BCUT2D eigenvalue weighted by Gasteiger charge is -2.34. The molecule has 0 unspecified atom stereocenters. The van der Waals surface area contributed by atoms with Gasteiger partial charge in [0, 0.05) is 27.8 Å². The molecule has 1 aliphatic carbocycles. The van der Waals surface area contributed by atoms with Gasteiger partial charge in [-0.1, -0.05) is 218 Å². The molecule has 1 aromatic heterocycles. The second-order valence-electron chi connectivity index (χ2n) is 19.2. The number of para-hydroxylation sites is 1. The largest absolute Gasteiger partial charge is 0.456 e. The third-order valence-electron chi connectivity index (χ3n) is 15.2. The van der Waals surface area contributed by atoms with Crippen molar-refractivity contribution < 1.29 is 4.42 Å². The van der Waals surface area contributed by atoms with Crippen molar-refractivity contribution in [1.29, 1.82) is 0 Å². The number of hydrogen-bond acceptors (Lipinski definition) is 2. The highest BCUT2D eigenvalue weighted by molar-refractivity contribution is 6.12. The van der Waals surface area contributed by atoms with Crippen molar-refractivity contribution in [2.45, 2.75) is 5.41 Å². The van der Waals surface area contributed by atoms with Gasteiger partial charge in [0.1, 0.15) is 11.2 Å². The predicted molar refractivity (Wildman–Crippen MR) is 305 cm³/mol. The molecular weight excluding hydrogens is 883 g/mol. The predicted octanol–water partition coefficient (Wildman–Crippen LogP) is 19.2. The van der Waals surface area contributed by atoms with Crippen LogP contribution in [0.2, 0.25) is 0 Å². The maximum Gasteiger partial charge on any atom is 0.135 e. The number of fused-ring (bicyclic) bond motifs is 8. The highest BCUT2D eigenvalue weighted by Gasteiger charge is 2.47. The van der Waals surface area contributed by atoms with E-state index in [1.807, 2.05) is 6.07 Å². The number of rotatable bonds is 9. The molecule has 2 nitrogen and oxygen atoms in total. The van der Waals surface area contributed by atoms with Crippen LogP contribution in [0.4, 0.5) is 17.1 Å². The van der Waals surface area contributed by atoms with Crippen molar-refractivity contribution in [2.24, 2.45) is 0 Å². The summed E-state index contributed by atoms with van der Waals surface area (Å²) in [5.41, 5.74) is 21.5. The van der Waals surface area contributed by atoms with Crippen molar-refractivity contribution in [2.75, 3.05) is 4.90 Å². The summed E-state index contributed by atoms with van der Waals surface area (Å²) < 4.78 is 6.34. The van der Waals surface area contributed by atoms with Gasteiger partial charge in [-0.25, -0.2) is 0 Å². The molecule has 0 saturated heterocycles. The molecule has 342 valence electrons. The number of nitrogens with zero attached hydrogens (tertiary/aromatic N) is 1. The Morgan fingerprint density at radius 3 is 1.25 bits per heavy atom. The van der Waals surface area contributed by atoms with Gasteiger partial charge in [-0.05, 0) is 155 Å². The van der Waals surface area contributed by atoms with Crippen LogP contribution in [0.1, 0.15) is 22.3 Å². The highest BCUT2D eigenvalue weighted by atomic mass is 16.3. The lowest BCUT2D eigenvalue weighted by atomic mass is 9.67. The number of furan rings is 1. The molecule has 0 amide bonds. The van der Waals surface area contributed by atoms with Gasteiger partial charge in [-0.3, -0.25) is 0 Å². The van der Waals surface area contributed by atoms with E-state index in [9.17, 15) is 0 Å². The lowest BCUT2D eigenvalue weighted by Crippen LogP contribution is -2.28. The average Bonchev–Trinajstić information content (AvgIpc) is 4.00. The van der Waals surface area contributed by atoms with Crippen molar-refractivity contribution in [3.8, 4) is 55.6 Å². The van der Waals surface area contributed by atoms with Gasteiger partial charge in [0.2, 0.25) is 0 Å². The van der Waals surface area contributed by atoms with E-state index in [1.54, 1.807) is 0 Å². The molecule has 2 heteroatoms. The molecule has 0 bridgehead atoms. The lowest BCUT2D eigenvalue weighted by molar-refractivity contribution is 0.669. The second-order valence-corrected chi connectivity index (χ2v) is 19.2. The normalized spacial score (nSPS) is 12.5. The molecular formula is C71H47NO. The summed E-state index contributed by atoms with van der Waals surface area (Å²) in [5.74, 6) is 0. The topological polar surface area (TPSA) is 16.4 Å². The van der Waals surface area contributed by atoms with E-state index in [2.05, 4.69) is 284 Å². The zero-order chi connectivity index (χ0) is 48.3. The van der Waals surface area contributed by atoms with Crippen LogP contribution in [0.3, 0.4) is 0 Å². The first-order chi connectivity index (χ1) is 36.2. The smallest absolute Gasteiger partial charge is 0.135 e. The zero-order valence-electron chi connectivity index (χ0n) is 40.0. The van der Waals surface area contributed by atoms with E-state index in [-0.39, 0.29) is 0 Å². The molecule has 13 aromatic rings. The van der Waals surface area contributed by atoms with Crippen LogP contribution in [0, 0.1) is 0 Å². The molecule has 0 radical (unpaired) electrons. The summed E-state index contributed by atoms with van der Waals surface area (Å²) in [6.07, 6.45) is 0. The van der Waals surface area contributed by atoms with E-state index in [4.69, 9.17) is 4.42 Å². The molecule has 0 aliphatic heterocycles. The van der Waals surface area contributed by atoms with Crippen LogP contribution >= 0.6 is 0 Å². The molecule has 12 aromatic carbocycles. The molecule has 0 fully saturated rings. The molecule has 1 heterocycles. The first-order valence-electron chi connectivity index (χ1n) is 25.1. The van der Waals surface area contributed by atoms with Crippen LogP contribution in [-0.2, 0) is 5.41 Å². The third kappa shape index (κ3) is 7.02. The van der Waals surface area contributed by atoms with Crippen LogP contribution in [0.15, 0.2) is 290 Å².